The van der Waals surface area contributed by atoms with Crippen LogP contribution < -0.4 is 10.5 Å². The first-order valence-electron chi connectivity index (χ1n) is 4.68. The molecule has 2 aromatic heterocycles. The van der Waals surface area contributed by atoms with Crippen LogP contribution >= 0.6 is 0 Å². The van der Waals surface area contributed by atoms with Crippen LogP contribution in [0, 0.1) is 0 Å². The van der Waals surface area contributed by atoms with Gasteiger partial charge in [0.15, 0.2) is 0 Å². The van der Waals surface area contributed by atoms with Crippen LogP contribution in [0.1, 0.15) is 17.3 Å². The maximum atomic E-state index is 6.03. The van der Waals surface area contributed by atoms with E-state index in [1.165, 1.54) is 13.4 Å². The number of ether oxygens (including phenoxy) is 1. The Labute approximate surface area is 92.6 Å². The van der Waals surface area contributed by atoms with E-state index in [1.54, 1.807) is 24.8 Å². The van der Waals surface area contributed by atoms with Crippen molar-refractivity contribution < 1.29 is 4.74 Å². The molecule has 6 heteroatoms. The fraction of sp³-hybridized carbons (Fsp3) is 0.200. The van der Waals surface area contributed by atoms with Gasteiger partial charge in [-0.15, -0.1) is 0 Å². The number of rotatable bonds is 3. The molecule has 0 bridgehead atoms. The Morgan fingerprint density at radius 1 is 1.19 bits per heavy atom. The van der Waals surface area contributed by atoms with Gasteiger partial charge in [-0.3, -0.25) is 4.98 Å². The van der Waals surface area contributed by atoms with E-state index in [4.69, 9.17) is 10.5 Å². The predicted octanol–water partition coefficient (Wildman–Crippen LogP) is 0.323. The second kappa shape index (κ2) is 4.63. The lowest BCUT2D eigenvalue weighted by molar-refractivity contribution is 0.387. The normalized spacial score (nSPS) is 12.1. The highest BCUT2D eigenvalue weighted by molar-refractivity contribution is 5.29. The Morgan fingerprint density at radius 3 is 2.56 bits per heavy atom. The third-order valence-electron chi connectivity index (χ3n) is 2.12. The van der Waals surface area contributed by atoms with Crippen LogP contribution in [0.2, 0.25) is 0 Å². The molecule has 2 rings (SSSR count). The summed E-state index contributed by atoms with van der Waals surface area (Å²) in [6.07, 6.45) is 7.86. The highest BCUT2D eigenvalue weighted by Gasteiger charge is 2.16. The van der Waals surface area contributed by atoms with E-state index >= 15 is 0 Å². The lowest BCUT2D eigenvalue weighted by Gasteiger charge is -2.12. The molecule has 0 aromatic carbocycles. The predicted molar refractivity (Wildman–Crippen MR) is 56.6 cm³/mol. The summed E-state index contributed by atoms with van der Waals surface area (Å²) in [5.41, 5.74) is 7.36. The Kier molecular flexibility index (Phi) is 3.02. The first kappa shape index (κ1) is 10.4. The fourth-order valence-electron chi connectivity index (χ4n) is 1.34. The standard InChI is InChI=1S/C10H11N5O/c1-16-10-9(14-2-3-15-10)8(11)7-4-12-6-13-5-7/h2-6,8H,11H2,1H3. The van der Waals surface area contributed by atoms with Gasteiger partial charge in [-0.05, 0) is 0 Å². The molecule has 2 heterocycles. The Hall–Kier alpha value is -2.08. The number of hydrogen-bond acceptors (Lipinski definition) is 6. The number of methoxy groups -OCH3 is 1. The molecule has 0 aliphatic carbocycles. The minimum Gasteiger partial charge on any atom is -0.480 e. The number of nitrogens with two attached hydrogens (primary N) is 1. The fourth-order valence-corrected chi connectivity index (χ4v) is 1.34. The van der Waals surface area contributed by atoms with Gasteiger partial charge in [0.05, 0.1) is 13.2 Å². The molecule has 6 nitrogen and oxygen atoms in total. The van der Waals surface area contributed by atoms with Crippen molar-refractivity contribution in [2.45, 2.75) is 6.04 Å². The minimum absolute atomic E-state index is 0.416. The number of aromatic nitrogens is 4. The molecule has 0 radical (unpaired) electrons. The smallest absolute Gasteiger partial charge is 0.237 e. The van der Waals surface area contributed by atoms with E-state index in [-0.39, 0.29) is 0 Å². The maximum absolute atomic E-state index is 6.03. The van der Waals surface area contributed by atoms with E-state index in [1.807, 2.05) is 0 Å². The van der Waals surface area contributed by atoms with Crippen molar-refractivity contribution in [3.63, 3.8) is 0 Å². The van der Waals surface area contributed by atoms with Crippen LogP contribution in [0.5, 0.6) is 5.88 Å². The van der Waals surface area contributed by atoms with Gasteiger partial charge in [0.2, 0.25) is 5.88 Å². The van der Waals surface area contributed by atoms with Crippen molar-refractivity contribution >= 4 is 0 Å². The largest absolute Gasteiger partial charge is 0.480 e. The highest BCUT2D eigenvalue weighted by atomic mass is 16.5. The quantitative estimate of drug-likeness (QED) is 0.796. The van der Waals surface area contributed by atoms with Gasteiger partial charge in [0, 0.05) is 30.4 Å². The van der Waals surface area contributed by atoms with Crippen molar-refractivity contribution in [3.05, 3.63) is 42.4 Å². The van der Waals surface area contributed by atoms with E-state index in [0.717, 1.165) is 5.56 Å². The summed E-state index contributed by atoms with van der Waals surface area (Å²) in [5.74, 6) is 0.416. The maximum Gasteiger partial charge on any atom is 0.237 e. The highest BCUT2D eigenvalue weighted by Crippen LogP contribution is 2.22. The summed E-state index contributed by atoms with van der Waals surface area (Å²) < 4.78 is 5.09. The van der Waals surface area contributed by atoms with Crippen molar-refractivity contribution in [2.24, 2.45) is 5.73 Å². The Bertz CT molecular complexity index is 462. The second-order valence-electron chi connectivity index (χ2n) is 3.10. The minimum atomic E-state index is -0.440. The molecular weight excluding hydrogens is 206 g/mol. The molecule has 0 fully saturated rings. The van der Waals surface area contributed by atoms with Crippen LogP contribution in [0.3, 0.4) is 0 Å². The molecular formula is C10H11N5O. The summed E-state index contributed by atoms with van der Waals surface area (Å²) in [6.45, 7) is 0. The van der Waals surface area contributed by atoms with Crippen LogP contribution in [-0.4, -0.2) is 27.0 Å². The summed E-state index contributed by atoms with van der Waals surface area (Å²) >= 11 is 0. The van der Waals surface area contributed by atoms with Crippen LogP contribution in [0.15, 0.2) is 31.1 Å². The monoisotopic (exact) mass is 217 g/mol. The average Bonchev–Trinajstić information content (AvgIpc) is 2.39. The molecule has 0 amide bonds. The van der Waals surface area contributed by atoms with Crippen molar-refractivity contribution in [1.29, 1.82) is 0 Å². The molecule has 82 valence electrons. The topological polar surface area (TPSA) is 86.8 Å². The zero-order chi connectivity index (χ0) is 11.4. The Morgan fingerprint density at radius 2 is 1.88 bits per heavy atom. The van der Waals surface area contributed by atoms with Gasteiger partial charge < -0.3 is 10.5 Å². The van der Waals surface area contributed by atoms with Crippen LogP contribution in [-0.2, 0) is 0 Å². The molecule has 0 saturated carbocycles. The van der Waals surface area contributed by atoms with Crippen molar-refractivity contribution in [3.8, 4) is 5.88 Å². The zero-order valence-corrected chi connectivity index (χ0v) is 8.74. The van der Waals surface area contributed by atoms with Crippen LogP contribution in [0.25, 0.3) is 0 Å². The van der Waals surface area contributed by atoms with Gasteiger partial charge in [-0.2, -0.15) is 0 Å². The molecule has 1 atom stereocenters. The van der Waals surface area contributed by atoms with Gasteiger partial charge in [-0.25, -0.2) is 15.0 Å². The molecule has 1 unspecified atom stereocenters. The number of hydrogen-bond donors (Lipinski definition) is 1. The molecule has 0 saturated heterocycles. The molecule has 2 aromatic rings. The molecule has 0 aliphatic heterocycles. The van der Waals surface area contributed by atoms with Gasteiger partial charge >= 0.3 is 0 Å². The van der Waals surface area contributed by atoms with E-state index in [0.29, 0.717) is 11.6 Å². The first-order chi connectivity index (χ1) is 7.83. The SMILES string of the molecule is COc1nccnc1C(N)c1cncnc1. The van der Waals surface area contributed by atoms with Gasteiger partial charge in [0.1, 0.15) is 12.0 Å². The number of nitrogens with zero attached hydrogens (tertiary/aromatic N) is 4. The third kappa shape index (κ3) is 1.96. The summed E-state index contributed by atoms with van der Waals surface area (Å²) in [5, 5.41) is 0. The molecule has 0 spiro atoms. The van der Waals surface area contributed by atoms with Crippen molar-refractivity contribution in [2.75, 3.05) is 7.11 Å². The summed E-state index contributed by atoms with van der Waals surface area (Å²) in [6, 6.07) is -0.440. The van der Waals surface area contributed by atoms with Crippen molar-refractivity contribution in [1.82, 2.24) is 19.9 Å². The van der Waals surface area contributed by atoms with Crippen LogP contribution in [0.4, 0.5) is 0 Å². The average molecular weight is 217 g/mol. The Balaban J connectivity index is 2.37. The summed E-state index contributed by atoms with van der Waals surface area (Å²) in [4.78, 5) is 16.0. The molecule has 0 aliphatic rings. The molecule has 2 N–H and O–H groups in total. The van der Waals surface area contributed by atoms with Gasteiger partial charge in [-0.1, -0.05) is 0 Å². The second-order valence-corrected chi connectivity index (χ2v) is 3.10. The summed E-state index contributed by atoms with van der Waals surface area (Å²) in [7, 11) is 1.53. The van der Waals surface area contributed by atoms with E-state index in [2.05, 4.69) is 19.9 Å². The third-order valence-corrected chi connectivity index (χ3v) is 2.12. The first-order valence-corrected chi connectivity index (χ1v) is 4.68. The van der Waals surface area contributed by atoms with E-state index < -0.39 is 6.04 Å². The van der Waals surface area contributed by atoms with Gasteiger partial charge in [0.25, 0.3) is 0 Å². The molecule has 16 heavy (non-hydrogen) atoms. The lowest BCUT2D eigenvalue weighted by Crippen LogP contribution is -2.15. The zero-order valence-electron chi connectivity index (χ0n) is 8.74. The van der Waals surface area contributed by atoms with E-state index in [9.17, 15) is 0 Å². The lowest BCUT2D eigenvalue weighted by atomic mass is 10.1.